The van der Waals surface area contributed by atoms with E-state index in [9.17, 15) is 18.0 Å². The van der Waals surface area contributed by atoms with Crippen molar-refractivity contribution < 1.29 is 22.7 Å². The fourth-order valence-corrected chi connectivity index (χ4v) is 4.30. The van der Waals surface area contributed by atoms with Crippen molar-refractivity contribution in [1.82, 2.24) is 9.62 Å². The Labute approximate surface area is 159 Å². The molecule has 146 valence electrons. The van der Waals surface area contributed by atoms with Crippen LogP contribution in [0, 0.1) is 23.2 Å². The lowest BCUT2D eigenvalue weighted by Gasteiger charge is -2.34. The summed E-state index contributed by atoms with van der Waals surface area (Å²) in [5.41, 5.74) is -0.0260. The predicted octanol–water partition coefficient (Wildman–Crippen LogP) is 0.884. The van der Waals surface area contributed by atoms with Crippen molar-refractivity contribution in [3.05, 3.63) is 29.8 Å². The molecule has 2 rings (SSSR count). The van der Waals surface area contributed by atoms with Crippen LogP contribution in [0.4, 0.5) is 0 Å². The van der Waals surface area contributed by atoms with Crippen LogP contribution in [0.3, 0.4) is 0 Å². The number of rotatable bonds is 6. The molecular formula is C18H23N3O5S. The van der Waals surface area contributed by atoms with Crippen molar-refractivity contribution in [3.8, 4) is 6.07 Å². The van der Waals surface area contributed by atoms with E-state index in [-0.39, 0.29) is 16.4 Å². The molecule has 1 aliphatic rings. The summed E-state index contributed by atoms with van der Waals surface area (Å²) in [6.07, 6.45) is 1.05. The van der Waals surface area contributed by atoms with Crippen molar-refractivity contribution in [2.45, 2.75) is 25.2 Å². The highest BCUT2D eigenvalue weighted by molar-refractivity contribution is 7.89. The first-order valence-corrected chi connectivity index (χ1v) is 10.1. The molecule has 1 aromatic rings. The number of benzene rings is 1. The van der Waals surface area contributed by atoms with Crippen LogP contribution in [0.5, 0.6) is 0 Å². The molecule has 0 aromatic heterocycles. The van der Waals surface area contributed by atoms with Crippen molar-refractivity contribution >= 4 is 21.9 Å². The molecule has 2 atom stereocenters. The topological polar surface area (TPSA) is 117 Å². The van der Waals surface area contributed by atoms with Gasteiger partial charge in [0.05, 0.1) is 10.5 Å². The van der Waals surface area contributed by atoms with Crippen LogP contribution in [-0.4, -0.2) is 51.4 Å². The maximum atomic E-state index is 12.2. The smallest absolute Gasteiger partial charge is 0.321 e. The molecule has 0 aliphatic carbocycles. The van der Waals surface area contributed by atoms with E-state index in [1.807, 2.05) is 0 Å². The minimum Gasteiger partial charge on any atom is -0.455 e. The third-order valence-corrected chi connectivity index (χ3v) is 5.74. The summed E-state index contributed by atoms with van der Waals surface area (Å²) in [5.74, 6) is -0.375. The van der Waals surface area contributed by atoms with E-state index in [1.165, 1.54) is 18.2 Å². The molecule has 1 heterocycles. The van der Waals surface area contributed by atoms with E-state index in [2.05, 4.69) is 18.6 Å². The fourth-order valence-electron chi connectivity index (χ4n) is 3.18. The zero-order valence-electron chi connectivity index (χ0n) is 15.3. The standard InChI is InChI=1S/C18H23N3O5S/c1-13-7-14(2)11-21(10-13)17(22)12-26-18(23)9-20-27(24,25)16-6-4-3-5-15(16)8-19/h3-6,13-14,20H,7,9-12H2,1-2H3/t13-,14-/m0/s1. The quantitative estimate of drug-likeness (QED) is 0.717. The van der Waals surface area contributed by atoms with E-state index in [0.717, 1.165) is 6.42 Å². The highest BCUT2D eigenvalue weighted by atomic mass is 32.2. The number of carbonyl (C=O) groups excluding carboxylic acids is 2. The fraction of sp³-hybridized carbons (Fsp3) is 0.500. The van der Waals surface area contributed by atoms with Crippen molar-refractivity contribution in [1.29, 1.82) is 5.26 Å². The number of nitrogens with zero attached hydrogens (tertiary/aromatic N) is 2. The Morgan fingerprint density at radius 3 is 2.52 bits per heavy atom. The monoisotopic (exact) mass is 393 g/mol. The van der Waals surface area contributed by atoms with Gasteiger partial charge in [0.1, 0.15) is 12.6 Å². The van der Waals surface area contributed by atoms with Crippen LogP contribution in [0.15, 0.2) is 29.2 Å². The van der Waals surface area contributed by atoms with Gasteiger partial charge >= 0.3 is 5.97 Å². The van der Waals surface area contributed by atoms with Gasteiger partial charge in [0.2, 0.25) is 10.0 Å². The SMILES string of the molecule is C[C@H]1C[C@H](C)CN(C(=O)COC(=O)CNS(=O)(=O)c2ccccc2C#N)C1. The summed E-state index contributed by atoms with van der Waals surface area (Å²) in [4.78, 5) is 25.4. The molecule has 9 heteroatoms. The number of amides is 1. The molecule has 1 aromatic carbocycles. The Kier molecular flexibility index (Phi) is 6.93. The molecule has 1 N–H and O–H groups in total. The second kappa shape index (κ2) is 8.97. The third kappa shape index (κ3) is 5.77. The normalized spacial score (nSPS) is 20.0. The van der Waals surface area contributed by atoms with Crippen LogP contribution < -0.4 is 4.72 Å². The van der Waals surface area contributed by atoms with Crippen LogP contribution in [0.1, 0.15) is 25.8 Å². The van der Waals surface area contributed by atoms with Gasteiger partial charge in [-0.25, -0.2) is 8.42 Å². The average molecular weight is 393 g/mol. The van der Waals surface area contributed by atoms with Gasteiger partial charge in [-0.05, 0) is 30.4 Å². The number of esters is 1. The molecule has 0 bridgehead atoms. The summed E-state index contributed by atoms with van der Waals surface area (Å²) < 4.78 is 31.4. The third-order valence-electron chi connectivity index (χ3n) is 4.28. The van der Waals surface area contributed by atoms with E-state index in [0.29, 0.717) is 24.9 Å². The van der Waals surface area contributed by atoms with Crippen LogP contribution in [-0.2, 0) is 24.3 Å². The molecule has 1 fully saturated rings. The van der Waals surface area contributed by atoms with Crippen molar-refractivity contribution in [2.24, 2.45) is 11.8 Å². The molecule has 0 unspecified atom stereocenters. The Balaban J connectivity index is 1.85. The largest absolute Gasteiger partial charge is 0.455 e. The van der Waals surface area contributed by atoms with E-state index >= 15 is 0 Å². The van der Waals surface area contributed by atoms with E-state index < -0.39 is 29.1 Å². The Bertz CT molecular complexity index is 837. The highest BCUT2D eigenvalue weighted by Crippen LogP contribution is 2.20. The summed E-state index contributed by atoms with van der Waals surface area (Å²) in [6.45, 7) is 4.33. The van der Waals surface area contributed by atoms with Crippen molar-refractivity contribution in [3.63, 3.8) is 0 Å². The predicted molar refractivity (Wildman–Crippen MR) is 96.8 cm³/mol. The number of likely N-dealkylation sites (tertiary alicyclic amines) is 1. The lowest BCUT2D eigenvalue weighted by Crippen LogP contribution is -2.44. The van der Waals surface area contributed by atoms with Crippen LogP contribution in [0.25, 0.3) is 0 Å². The number of ether oxygens (including phenoxy) is 1. The van der Waals surface area contributed by atoms with Crippen LogP contribution in [0.2, 0.25) is 0 Å². The van der Waals surface area contributed by atoms with Gasteiger partial charge in [-0.15, -0.1) is 0 Å². The minimum atomic E-state index is -4.04. The van der Waals surface area contributed by atoms with Crippen LogP contribution >= 0.6 is 0 Å². The average Bonchev–Trinajstić information content (AvgIpc) is 2.63. The zero-order valence-corrected chi connectivity index (χ0v) is 16.2. The molecule has 0 saturated carbocycles. The van der Waals surface area contributed by atoms with Gasteiger partial charge in [-0.1, -0.05) is 26.0 Å². The number of piperidine rings is 1. The molecule has 1 saturated heterocycles. The molecule has 8 nitrogen and oxygen atoms in total. The molecule has 0 spiro atoms. The highest BCUT2D eigenvalue weighted by Gasteiger charge is 2.26. The number of nitriles is 1. The number of hydrogen-bond donors (Lipinski definition) is 1. The first-order valence-electron chi connectivity index (χ1n) is 8.65. The first kappa shape index (κ1) is 20.9. The maximum Gasteiger partial charge on any atom is 0.321 e. The number of sulfonamides is 1. The molecule has 0 radical (unpaired) electrons. The van der Waals surface area contributed by atoms with Gasteiger partial charge in [0.25, 0.3) is 5.91 Å². The number of carbonyl (C=O) groups is 2. The van der Waals surface area contributed by atoms with Gasteiger partial charge in [-0.3, -0.25) is 9.59 Å². The summed E-state index contributed by atoms with van der Waals surface area (Å²) in [5, 5.41) is 8.99. The lowest BCUT2D eigenvalue weighted by molar-refractivity contribution is -0.152. The zero-order chi connectivity index (χ0) is 20.0. The minimum absolute atomic E-state index is 0.0260. The Morgan fingerprint density at radius 1 is 1.26 bits per heavy atom. The number of hydrogen-bond acceptors (Lipinski definition) is 6. The summed E-state index contributed by atoms with van der Waals surface area (Å²) in [7, 11) is -4.04. The second-order valence-electron chi connectivity index (χ2n) is 6.84. The van der Waals surface area contributed by atoms with E-state index in [4.69, 9.17) is 10.00 Å². The summed E-state index contributed by atoms with van der Waals surface area (Å²) in [6, 6.07) is 7.45. The maximum absolute atomic E-state index is 12.2. The van der Waals surface area contributed by atoms with Gasteiger partial charge in [-0.2, -0.15) is 9.98 Å². The Morgan fingerprint density at radius 2 is 1.89 bits per heavy atom. The first-order chi connectivity index (χ1) is 12.7. The molecular weight excluding hydrogens is 370 g/mol. The second-order valence-corrected chi connectivity index (χ2v) is 8.57. The molecule has 1 aliphatic heterocycles. The molecule has 1 amide bonds. The van der Waals surface area contributed by atoms with Gasteiger partial charge < -0.3 is 9.64 Å². The van der Waals surface area contributed by atoms with Gasteiger partial charge in [0.15, 0.2) is 6.61 Å². The molecule has 27 heavy (non-hydrogen) atoms. The van der Waals surface area contributed by atoms with Crippen molar-refractivity contribution in [2.75, 3.05) is 26.2 Å². The Hall–Kier alpha value is -2.44. The van der Waals surface area contributed by atoms with Gasteiger partial charge in [0, 0.05) is 13.1 Å². The van der Waals surface area contributed by atoms with E-state index in [1.54, 1.807) is 17.0 Å². The summed E-state index contributed by atoms with van der Waals surface area (Å²) >= 11 is 0. The number of nitrogens with one attached hydrogen (secondary N) is 1. The lowest BCUT2D eigenvalue weighted by atomic mass is 9.92.